The molecule has 0 spiro atoms. The third kappa shape index (κ3) is 76.4. The van der Waals surface area contributed by atoms with Crippen LogP contribution >= 0.6 is 15.6 Å². The molecule has 5 atom stereocenters. The van der Waals surface area contributed by atoms with E-state index in [1.54, 1.807) is 12.2 Å². The van der Waals surface area contributed by atoms with Crippen LogP contribution in [0.15, 0.2) is 182 Å². The first-order valence-corrected chi connectivity index (χ1v) is 43.0. The third-order valence-corrected chi connectivity index (χ3v) is 17.8. The van der Waals surface area contributed by atoms with Crippen LogP contribution in [-0.2, 0) is 65.4 Å². The van der Waals surface area contributed by atoms with Crippen LogP contribution in [0.4, 0.5) is 0 Å². The van der Waals surface area contributed by atoms with Gasteiger partial charge in [-0.2, -0.15) is 0 Å². The molecule has 0 saturated heterocycles. The van der Waals surface area contributed by atoms with E-state index >= 15 is 0 Å². The molecule has 17 nitrogen and oxygen atoms in total. The third-order valence-electron chi connectivity index (χ3n) is 15.9. The Morgan fingerprint density at radius 2 is 0.528 bits per heavy atom. The number of hydrogen-bond donors (Lipinski definition) is 3. The van der Waals surface area contributed by atoms with Gasteiger partial charge in [0.05, 0.1) is 32.8 Å². The van der Waals surface area contributed by atoms with Crippen molar-refractivity contribution < 1.29 is 80.2 Å². The minimum absolute atomic E-state index is 0.0642. The summed E-state index contributed by atoms with van der Waals surface area (Å²) in [5.41, 5.74) is 0. The van der Waals surface area contributed by atoms with Crippen LogP contribution in [0.2, 0.25) is 0 Å². The molecular weight excluding hydrogens is 1380 g/mol. The summed E-state index contributed by atoms with van der Waals surface area (Å²) < 4.78 is 68.5. The molecule has 0 heterocycles. The number of rotatable bonds is 73. The van der Waals surface area contributed by atoms with E-state index in [0.717, 1.165) is 186 Å². The van der Waals surface area contributed by atoms with E-state index in [1.165, 1.54) is 19.3 Å². The molecule has 0 aromatic carbocycles. The van der Waals surface area contributed by atoms with Crippen molar-refractivity contribution in [3.05, 3.63) is 182 Å². The van der Waals surface area contributed by atoms with Crippen molar-refractivity contribution in [3.63, 3.8) is 0 Å². The number of aliphatic hydroxyl groups excluding tert-OH is 1. The van der Waals surface area contributed by atoms with Gasteiger partial charge in [-0.1, -0.05) is 281 Å². The number of phosphoric acid groups is 2. The van der Waals surface area contributed by atoms with E-state index in [1.807, 2.05) is 12.2 Å². The van der Waals surface area contributed by atoms with E-state index in [-0.39, 0.29) is 25.7 Å². The second kappa shape index (κ2) is 77.3. The van der Waals surface area contributed by atoms with Crippen LogP contribution in [0.3, 0.4) is 0 Å². The highest BCUT2D eigenvalue weighted by atomic mass is 31.2. The second-order valence-corrected chi connectivity index (χ2v) is 28.8. The first-order valence-electron chi connectivity index (χ1n) is 40.0. The highest BCUT2D eigenvalue weighted by Crippen LogP contribution is 2.45. The molecule has 0 aromatic rings. The fourth-order valence-corrected chi connectivity index (χ4v) is 11.5. The van der Waals surface area contributed by atoms with Gasteiger partial charge in [-0.05, 0) is 161 Å². The molecular formula is C87H140O17P2. The molecule has 600 valence electrons. The number of hydrogen-bond acceptors (Lipinski definition) is 15. The minimum Gasteiger partial charge on any atom is -0.462 e. The van der Waals surface area contributed by atoms with Crippen LogP contribution in [-0.4, -0.2) is 96.7 Å². The monoisotopic (exact) mass is 1520 g/mol. The summed E-state index contributed by atoms with van der Waals surface area (Å²) in [7, 11) is -10.0. The zero-order valence-electron chi connectivity index (χ0n) is 65.5. The van der Waals surface area contributed by atoms with Gasteiger partial charge in [0.25, 0.3) is 0 Å². The van der Waals surface area contributed by atoms with Crippen LogP contribution in [0.5, 0.6) is 0 Å². The van der Waals surface area contributed by atoms with Crippen molar-refractivity contribution in [2.24, 2.45) is 0 Å². The van der Waals surface area contributed by atoms with E-state index in [2.05, 4.69) is 186 Å². The van der Waals surface area contributed by atoms with E-state index in [4.69, 9.17) is 37.0 Å². The number of allylic oxidation sites excluding steroid dienone is 29. The number of esters is 4. The summed E-state index contributed by atoms with van der Waals surface area (Å²) in [5.74, 6) is -2.40. The van der Waals surface area contributed by atoms with E-state index in [0.29, 0.717) is 25.7 Å². The fraction of sp³-hybridized carbons (Fsp3) is 0.609. The molecule has 0 aliphatic carbocycles. The maximum absolute atomic E-state index is 13.1. The Kier molecular flexibility index (Phi) is 73.1. The van der Waals surface area contributed by atoms with Crippen LogP contribution < -0.4 is 0 Å². The summed E-state index contributed by atoms with van der Waals surface area (Å²) in [6, 6.07) is 0. The molecule has 0 radical (unpaired) electrons. The molecule has 19 heteroatoms. The molecule has 5 unspecified atom stereocenters. The largest absolute Gasteiger partial charge is 0.472 e. The topological polar surface area (TPSA) is 237 Å². The number of carbonyl (C=O) groups is 4. The van der Waals surface area contributed by atoms with Crippen molar-refractivity contribution in [3.8, 4) is 0 Å². The number of unbranched alkanes of at least 4 members (excludes halogenated alkanes) is 18. The molecule has 0 aliphatic rings. The number of carbonyl (C=O) groups excluding carboxylic acids is 4. The first kappa shape index (κ1) is 100. The lowest BCUT2D eigenvalue weighted by Crippen LogP contribution is -2.30. The van der Waals surface area contributed by atoms with Crippen molar-refractivity contribution in [1.29, 1.82) is 0 Å². The summed E-state index contributed by atoms with van der Waals surface area (Å²) >= 11 is 0. The van der Waals surface area contributed by atoms with Crippen LogP contribution in [0, 0.1) is 0 Å². The SMILES string of the molecule is CC/C=C\C/C=C\C/C=C\C/C=C\C/C=C\CC(=O)OC(COC(=O)CCCCCCCC/C=C\C/C=C\C/C=C\C/C=C\CC)COP(=O)(O)OCC(O)COP(=O)(O)OCC(COC(=O)CCCCCC/C=C\C/C=C\C/C=C\C/C=C\CC)OC(=O)CCCCCCC/C=C\C/C=C\CCCCC. The average Bonchev–Trinajstić information content (AvgIpc) is 0.902. The number of phosphoric ester groups is 2. The molecule has 0 rings (SSSR count). The predicted octanol–water partition coefficient (Wildman–Crippen LogP) is 23.6. The zero-order chi connectivity index (χ0) is 77.4. The van der Waals surface area contributed by atoms with Crippen molar-refractivity contribution in [1.82, 2.24) is 0 Å². The van der Waals surface area contributed by atoms with Gasteiger partial charge >= 0.3 is 39.5 Å². The van der Waals surface area contributed by atoms with Crippen LogP contribution in [0.25, 0.3) is 0 Å². The summed E-state index contributed by atoms with van der Waals surface area (Å²) in [4.78, 5) is 73.0. The van der Waals surface area contributed by atoms with Gasteiger partial charge in [0.15, 0.2) is 12.2 Å². The lowest BCUT2D eigenvalue weighted by Gasteiger charge is -2.21. The van der Waals surface area contributed by atoms with Crippen molar-refractivity contribution in [2.45, 2.75) is 303 Å². The molecule has 0 saturated carbocycles. The molecule has 0 aromatic heterocycles. The predicted molar refractivity (Wildman–Crippen MR) is 436 cm³/mol. The molecule has 0 aliphatic heterocycles. The number of ether oxygens (including phenoxy) is 4. The maximum Gasteiger partial charge on any atom is 0.472 e. The lowest BCUT2D eigenvalue weighted by atomic mass is 10.1. The Balaban J connectivity index is 5.49. The Bertz CT molecular complexity index is 2730. The Labute approximate surface area is 641 Å². The lowest BCUT2D eigenvalue weighted by molar-refractivity contribution is -0.161. The van der Waals surface area contributed by atoms with Crippen molar-refractivity contribution >= 4 is 39.5 Å². The minimum atomic E-state index is -5.02. The highest BCUT2D eigenvalue weighted by Gasteiger charge is 2.30. The Morgan fingerprint density at radius 3 is 0.840 bits per heavy atom. The first-order chi connectivity index (χ1) is 51.7. The standard InChI is InChI=1S/C87H140O17P2/c1-5-9-13-17-21-25-29-33-37-39-40-42-46-48-52-56-60-64-68-72-85(90)98-78-83(104-87(92)74-70-66-62-58-54-50-44-36-32-28-24-20-16-12-8-4)80-102-106(95,96)100-76-81(88)75-99-105(93,94)101-79-82(103-86(91)73-69-65-61-57-53-49-43-35-31-27-23-19-15-11-7-3)77-97-84(89)71-67-63-59-55-51-47-45-41-38-34-30-26-22-18-14-10-6-2/h9-10,12-14,16,21-28,33-38,40,42-45,47,54,58,66,70,81-83,88H,5-8,11,15,17-20,29-32,39,41,46,48-53,55-57,59-65,67-69,71-80H2,1-4H3,(H,93,94)(H,95,96)/b13-9-,14-10-,16-12-,25-21-,26-22-,27-23-,28-24-,37-33-,38-34-,42-40-,43-35-,44-36-,47-45-,58-54-,70-66-. The fourth-order valence-electron chi connectivity index (χ4n) is 9.89. The molecule has 0 amide bonds. The van der Waals surface area contributed by atoms with Gasteiger partial charge < -0.3 is 33.8 Å². The van der Waals surface area contributed by atoms with Gasteiger partial charge in [0, 0.05) is 19.3 Å². The van der Waals surface area contributed by atoms with Gasteiger partial charge in [0.1, 0.15) is 19.3 Å². The quantitative estimate of drug-likeness (QED) is 0.0169. The normalized spacial score (nSPS) is 14.8. The molecule has 0 fully saturated rings. The van der Waals surface area contributed by atoms with E-state index < -0.39 is 97.5 Å². The Hall–Kier alpha value is -5.84. The van der Waals surface area contributed by atoms with Gasteiger partial charge in [-0.25, -0.2) is 9.13 Å². The van der Waals surface area contributed by atoms with Gasteiger partial charge in [-0.3, -0.25) is 37.3 Å². The zero-order valence-corrected chi connectivity index (χ0v) is 67.3. The van der Waals surface area contributed by atoms with E-state index in [9.17, 15) is 43.2 Å². The molecule has 0 bridgehead atoms. The summed E-state index contributed by atoms with van der Waals surface area (Å²) in [6.07, 6.45) is 93.3. The highest BCUT2D eigenvalue weighted by molar-refractivity contribution is 7.47. The van der Waals surface area contributed by atoms with Crippen LogP contribution in [0.1, 0.15) is 285 Å². The number of aliphatic hydroxyl groups is 1. The molecule has 3 N–H and O–H groups in total. The smallest absolute Gasteiger partial charge is 0.462 e. The average molecular weight is 1520 g/mol. The van der Waals surface area contributed by atoms with Crippen molar-refractivity contribution in [2.75, 3.05) is 39.6 Å². The second-order valence-electron chi connectivity index (χ2n) is 25.9. The summed E-state index contributed by atoms with van der Waals surface area (Å²) in [6.45, 7) is 4.31. The Morgan fingerprint density at radius 1 is 0.283 bits per heavy atom. The maximum atomic E-state index is 13.1. The molecule has 106 heavy (non-hydrogen) atoms. The summed E-state index contributed by atoms with van der Waals surface area (Å²) in [5, 5.41) is 10.6. The van der Waals surface area contributed by atoms with Gasteiger partial charge in [0.2, 0.25) is 0 Å². The van der Waals surface area contributed by atoms with Gasteiger partial charge in [-0.15, -0.1) is 0 Å².